The normalized spacial score (nSPS) is 25.7. The van der Waals surface area contributed by atoms with Gasteiger partial charge in [0.15, 0.2) is 0 Å². The molecule has 2 aliphatic rings. The molecule has 1 saturated carbocycles. The van der Waals surface area contributed by atoms with E-state index in [2.05, 4.69) is 5.32 Å². The average Bonchev–Trinajstić information content (AvgIpc) is 3.07. The summed E-state index contributed by atoms with van der Waals surface area (Å²) in [5.74, 6) is 0.874. The molecular weight excluding hydrogens is 368 g/mol. The van der Waals surface area contributed by atoms with Crippen LogP contribution in [0.2, 0.25) is 0 Å². The second-order valence-electron chi connectivity index (χ2n) is 7.74. The number of nitrogens with one attached hydrogen (secondary N) is 1. The minimum atomic E-state index is -2.93. The Bertz CT molecular complexity index is 779. The van der Waals surface area contributed by atoms with E-state index in [9.17, 15) is 18.0 Å². The van der Waals surface area contributed by atoms with Crippen LogP contribution in [0.25, 0.3) is 0 Å². The minimum Gasteiger partial charge on any atom is -0.469 e. The van der Waals surface area contributed by atoms with E-state index in [0.717, 1.165) is 25.7 Å². The van der Waals surface area contributed by atoms with Crippen LogP contribution in [0.5, 0.6) is 0 Å². The fourth-order valence-corrected chi connectivity index (χ4v) is 5.57. The zero-order valence-corrected chi connectivity index (χ0v) is 16.8. The van der Waals surface area contributed by atoms with Crippen molar-refractivity contribution in [1.29, 1.82) is 0 Å². The molecule has 1 aromatic heterocycles. The summed E-state index contributed by atoms with van der Waals surface area (Å²) in [6, 6.07) is 1.75. The Kier molecular flexibility index (Phi) is 5.93. The molecule has 2 fully saturated rings. The third-order valence-electron chi connectivity index (χ3n) is 5.93. The zero-order valence-electron chi connectivity index (χ0n) is 15.9. The lowest BCUT2D eigenvalue weighted by atomic mass is 9.84. The minimum absolute atomic E-state index is 0.0162. The molecule has 2 heterocycles. The molecule has 27 heavy (non-hydrogen) atoms. The lowest BCUT2D eigenvalue weighted by Gasteiger charge is -2.36. The maximum Gasteiger partial charge on any atom is 0.255 e. The summed E-state index contributed by atoms with van der Waals surface area (Å²) in [5, 5.41) is 3.03. The first-order chi connectivity index (χ1) is 12.8. The fourth-order valence-electron chi connectivity index (χ4n) is 4.10. The van der Waals surface area contributed by atoms with Crippen LogP contribution in [0.3, 0.4) is 0 Å². The highest BCUT2D eigenvalue weighted by molar-refractivity contribution is 7.91. The maximum atomic E-state index is 12.8. The van der Waals surface area contributed by atoms with E-state index < -0.39 is 9.84 Å². The number of carbonyl (C=O) groups is 2. The van der Waals surface area contributed by atoms with Gasteiger partial charge < -0.3 is 14.6 Å². The van der Waals surface area contributed by atoms with Crippen LogP contribution in [0.4, 0.5) is 0 Å². The number of rotatable bonds is 4. The predicted molar refractivity (Wildman–Crippen MR) is 101 cm³/mol. The van der Waals surface area contributed by atoms with Crippen molar-refractivity contribution in [3.63, 3.8) is 0 Å². The number of carbonyl (C=O) groups excluding carboxylic acids is 2. The Labute approximate surface area is 160 Å². The second kappa shape index (κ2) is 8.04. The summed E-state index contributed by atoms with van der Waals surface area (Å²) >= 11 is 0. The predicted octanol–water partition coefficient (Wildman–Crippen LogP) is 1.91. The van der Waals surface area contributed by atoms with E-state index >= 15 is 0 Å². The zero-order chi connectivity index (χ0) is 19.6. The first kappa shape index (κ1) is 19.9. The molecule has 0 atom stereocenters. The molecule has 8 heteroatoms. The molecule has 1 N–H and O–H groups in total. The number of hydrogen-bond acceptors (Lipinski definition) is 5. The quantitative estimate of drug-likeness (QED) is 0.839. The van der Waals surface area contributed by atoms with Gasteiger partial charge in [-0.15, -0.1) is 0 Å². The van der Waals surface area contributed by atoms with Crippen molar-refractivity contribution in [1.82, 2.24) is 10.2 Å². The van der Waals surface area contributed by atoms with Crippen LogP contribution in [-0.4, -0.2) is 55.8 Å². The third kappa shape index (κ3) is 4.72. The molecule has 0 aromatic carbocycles. The van der Waals surface area contributed by atoms with Crippen LogP contribution in [0.15, 0.2) is 16.7 Å². The van der Waals surface area contributed by atoms with Crippen molar-refractivity contribution in [3.8, 4) is 0 Å². The summed E-state index contributed by atoms with van der Waals surface area (Å²) in [6.45, 7) is 1.76. The van der Waals surface area contributed by atoms with Crippen LogP contribution in [0.1, 0.15) is 54.6 Å². The van der Waals surface area contributed by atoms with Gasteiger partial charge in [-0.1, -0.05) is 0 Å². The molecule has 150 valence electrons. The van der Waals surface area contributed by atoms with E-state index in [-0.39, 0.29) is 41.3 Å². The van der Waals surface area contributed by atoms with Crippen molar-refractivity contribution in [2.45, 2.75) is 57.5 Å². The summed E-state index contributed by atoms with van der Waals surface area (Å²) in [6.07, 6.45) is 5.58. The molecule has 0 spiro atoms. The molecule has 7 nitrogen and oxygen atoms in total. The number of nitrogens with zero attached hydrogens (tertiary/aromatic N) is 1. The Balaban J connectivity index is 1.48. The highest BCUT2D eigenvalue weighted by Crippen LogP contribution is 2.28. The lowest BCUT2D eigenvalue weighted by Crippen LogP contribution is -2.46. The van der Waals surface area contributed by atoms with E-state index in [1.807, 2.05) is 0 Å². The summed E-state index contributed by atoms with van der Waals surface area (Å²) in [5.41, 5.74) is 0.556. The number of aryl methyl sites for hydroxylation is 1. The number of hydrogen-bond donors (Lipinski definition) is 1. The number of furan rings is 1. The Morgan fingerprint density at radius 3 is 2.30 bits per heavy atom. The Morgan fingerprint density at radius 1 is 1.11 bits per heavy atom. The highest BCUT2D eigenvalue weighted by Gasteiger charge is 2.34. The van der Waals surface area contributed by atoms with Gasteiger partial charge in [0.05, 0.1) is 23.3 Å². The van der Waals surface area contributed by atoms with Gasteiger partial charge in [-0.3, -0.25) is 9.59 Å². The van der Waals surface area contributed by atoms with Crippen molar-refractivity contribution in [3.05, 3.63) is 23.7 Å². The van der Waals surface area contributed by atoms with Crippen molar-refractivity contribution >= 4 is 21.7 Å². The number of sulfone groups is 1. The maximum absolute atomic E-state index is 12.8. The Hall–Kier alpha value is -1.83. The number of amides is 2. The first-order valence-corrected chi connectivity index (χ1v) is 11.4. The SMILES string of the molecule is Cc1occc1C(=O)NC1CCC(C(=O)N(C)C2CCS(=O)(=O)CC2)CC1. The van der Waals surface area contributed by atoms with E-state index in [0.29, 0.717) is 24.2 Å². The third-order valence-corrected chi connectivity index (χ3v) is 7.65. The van der Waals surface area contributed by atoms with Crippen molar-refractivity contribution in [2.75, 3.05) is 18.6 Å². The molecule has 1 aliphatic carbocycles. The molecule has 3 rings (SSSR count). The lowest BCUT2D eigenvalue weighted by molar-refractivity contribution is -0.137. The smallest absolute Gasteiger partial charge is 0.255 e. The Morgan fingerprint density at radius 2 is 1.74 bits per heavy atom. The van der Waals surface area contributed by atoms with Gasteiger partial charge in [0.1, 0.15) is 15.6 Å². The molecule has 0 unspecified atom stereocenters. The van der Waals surface area contributed by atoms with E-state index in [1.54, 1.807) is 24.9 Å². The van der Waals surface area contributed by atoms with Gasteiger partial charge in [-0.25, -0.2) is 8.42 Å². The van der Waals surface area contributed by atoms with Gasteiger partial charge in [-0.2, -0.15) is 0 Å². The van der Waals surface area contributed by atoms with Crippen LogP contribution >= 0.6 is 0 Å². The summed E-state index contributed by atoms with van der Waals surface area (Å²) in [4.78, 5) is 26.8. The van der Waals surface area contributed by atoms with E-state index in [4.69, 9.17) is 4.42 Å². The molecule has 0 bridgehead atoms. The van der Waals surface area contributed by atoms with Gasteiger partial charge >= 0.3 is 0 Å². The van der Waals surface area contributed by atoms with E-state index in [1.165, 1.54) is 6.26 Å². The molecular formula is C19H28N2O5S. The topological polar surface area (TPSA) is 96.7 Å². The molecule has 0 radical (unpaired) electrons. The molecule has 1 saturated heterocycles. The first-order valence-electron chi connectivity index (χ1n) is 9.59. The largest absolute Gasteiger partial charge is 0.469 e. The second-order valence-corrected chi connectivity index (χ2v) is 10.0. The van der Waals surface area contributed by atoms with Gasteiger partial charge in [0.25, 0.3) is 5.91 Å². The van der Waals surface area contributed by atoms with Crippen LogP contribution in [0, 0.1) is 12.8 Å². The van der Waals surface area contributed by atoms with Crippen LogP contribution < -0.4 is 5.32 Å². The van der Waals surface area contributed by atoms with Crippen molar-refractivity contribution < 1.29 is 22.4 Å². The van der Waals surface area contributed by atoms with Gasteiger partial charge in [0, 0.05) is 25.0 Å². The van der Waals surface area contributed by atoms with Crippen LogP contribution in [-0.2, 0) is 14.6 Å². The summed E-state index contributed by atoms with van der Waals surface area (Å²) < 4.78 is 28.3. The van der Waals surface area contributed by atoms with Crippen molar-refractivity contribution in [2.24, 2.45) is 5.92 Å². The molecule has 1 aliphatic heterocycles. The highest BCUT2D eigenvalue weighted by atomic mass is 32.2. The van der Waals surface area contributed by atoms with Gasteiger partial charge in [0.2, 0.25) is 5.91 Å². The van der Waals surface area contributed by atoms with Gasteiger partial charge in [-0.05, 0) is 51.5 Å². The monoisotopic (exact) mass is 396 g/mol. The molecule has 2 amide bonds. The standard InChI is InChI=1S/C19H28N2O5S/c1-13-17(7-10-26-13)18(22)20-15-5-3-14(4-6-15)19(23)21(2)16-8-11-27(24,25)12-9-16/h7,10,14-16H,3-6,8-9,11-12H2,1-2H3,(H,20,22). The average molecular weight is 397 g/mol. The molecule has 1 aromatic rings. The fraction of sp³-hybridized carbons (Fsp3) is 0.684. The summed E-state index contributed by atoms with van der Waals surface area (Å²) in [7, 11) is -1.13.